The highest BCUT2D eigenvalue weighted by atomic mass is 16.5. The van der Waals surface area contributed by atoms with E-state index >= 15 is 0 Å². The highest BCUT2D eigenvalue weighted by molar-refractivity contribution is 5.76. The van der Waals surface area contributed by atoms with E-state index in [0.29, 0.717) is 12.6 Å². The van der Waals surface area contributed by atoms with Crippen LogP contribution >= 0.6 is 0 Å². The number of nitrogens with one attached hydrogen (secondary N) is 2. The minimum absolute atomic E-state index is 0.580. The van der Waals surface area contributed by atoms with Gasteiger partial charge in [-0.15, -0.1) is 0 Å². The first-order valence-electron chi connectivity index (χ1n) is 12.0. The Morgan fingerprint density at radius 1 is 0.939 bits per heavy atom. The molecule has 0 spiro atoms. The lowest BCUT2D eigenvalue weighted by molar-refractivity contribution is 0.285. The lowest BCUT2D eigenvalue weighted by Crippen LogP contribution is -2.30. The second kappa shape index (κ2) is 12.8. The molecule has 176 valence electrons. The van der Waals surface area contributed by atoms with Crippen LogP contribution in [0.2, 0.25) is 0 Å². The Balaban J connectivity index is 1.82. The number of benzene rings is 2. The third kappa shape index (κ3) is 7.46. The Hall–Kier alpha value is -3.12. The highest BCUT2D eigenvalue weighted by Crippen LogP contribution is 2.29. The quantitative estimate of drug-likeness (QED) is 0.329. The summed E-state index contributed by atoms with van der Waals surface area (Å²) in [5.74, 6) is 2.28. The van der Waals surface area contributed by atoms with Crippen molar-refractivity contribution in [2.75, 3.05) is 43.4 Å². The summed E-state index contributed by atoms with van der Waals surface area (Å²) < 4.78 is 5.60. The van der Waals surface area contributed by atoms with Gasteiger partial charge in [-0.3, -0.25) is 0 Å². The minimum Gasteiger partial charge on any atom is -0.494 e. The molecule has 2 aromatic carbocycles. The van der Waals surface area contributed by atoms with Crippen molar-refractivity contribution in [2.45, 2.75) is 40.5 Å². The molecule has 1 aromatic heterocycles. The van der Waals surface area contributed by atoms with Crippen LogP contribution in [0.15, 0.2) is 54.7 Å². The highest BCUT2D eigenvalue weighted by Gasteiger charge is 2.11. The van der Waals surface area contributed by atoms with Gasteiger partial charge < -0.3 is 20.3 Å². The fraction of sp³-hybridized carbons (Fsp3) is 0.407. The van der Waals surface area contributed by atoms with Gasteiger partial charge in [-0.05, 0) is 75.2 Å². The van der Waals surface area contributed by atoms with E-state index in [1.54, 1.807) is 0 Å². The molecule has 0 atom stereocenters. The lowest BCUT2D eigenvalue weighted by atomic mass is 10.1. The predicted octanol–water partition coefficient (Wildman–Crippen LogP) is 6.13. The fourth-order valence-electron chi connectivity index (χ4n) is 3.84. The van der Waals surface area contributed by atoms with Gasteiger partial charge in [-0.25, -0.2) is 4.98 Å². The molecule has 3 aromatic rings. The lowest BCUT2D eigenvalue weighted by Gasteiger charge is -2.21. The largest absolute Gasteiger partial charge is 0.494 e. The zero-order valence-electron chi connectivity index (χ0n) is 20.4. The molecule has 0 saturated carbocycles. The molecule has 0 aliphatic heterocycles. The average Bonchev–Trinajstić information content (AvgIpc) is 2.80. The summed E-state index contributed by atoms with van der Waals surface area (Å²) in [5, 5.41) is 6.91. The molecule has 0 aliphatic carbocycles. The molecule has 0 bridgehead atoms. The first-order valence-corrected chi connectivity index (χ1v) is 12.0. The first-order chi connectivity index (χ1) is 16.1. The van der Waals surface area contributed by atoms with Gasteiger partial charge in [0.1, 0.15) is 11.6 Å². The molecule has 0 amide bonds. The van der Waals surface area contributed by atoms with Crippen LogP contribution in [-0.2, 0) is 0 Å². The van der Waals surface area contributed by atoms with E-state index in [2.05, 4.69) is 65.6 Å². The summed E-state index contributed by atoms with van der Waals surface area (Å²) in [6.45, 7) is 13.2. The maximum Gasteiger partial charge on any atom is 0.229 e. The molecule has 6 nitrogen and oxygen atoms in total. The average molecular weight is 448 g/mol. The van der Waals surface area contributed by atoms with Crippen molar-refractivity contribution >= 4 is 17.5 Å². The Bertz CT molecular complexity index is 984. The van der Waals surface area contributed by atoms with Gasteiger partial charge in [0.05, 0.1) is 6.61 Å². The Morgan fingerprint density at radius 3 is 2.36 bits per heavy atom. The summed E-state index contributed by atoms with van der Waals surface area (Å²) in [5.41, 5.74) is 4.20. The van der Waals surface area contributed by atoms with Crippen molar-refractivity contribution in [1.29, 1.82) is 0 Å². The van der Waals surface area contributed by atoms with E-state index in [-0.39, 0.29) is 0 Å². The monoisotopic (exact) mass is 447 g/mol. The third-order valence-electron chi connectivity index (χ3n) is 5.34. The molecule has 0 fully saturated rings. The van der Waals surface area contributed by atoms with Crippen LogP contribution in [0.4, 0.5) is 17.5 Å². The number of aromatic nitrogens is 2. The smallest absolute Gasteiger partial charge is 0.229 e. The molecule has 3 rings (SSSR count). The molecule has 33 heavy (non-hydrogen) atoms. The van der Waals surface area contributed by atoms with Crippen LogP contribution in [-0.4, -0.2) is 47.7 Å². The molecular weight excluding hydrogens is 410 g/mol. The molecule has 2 N–H and O–H groups in total. The number of hydrogen-bond acceptors (Lipinski definition) is 6. The van der Waals surface area contributed by atoms with Crippen LogP contribution in [0.25, 0.3) is 11.1 Å². The van der Waals surface area contributed by atoms with Crippen LogP contribution in [0.5, 0.6) is 5.75 Å². The molecule has 0 unspecified atom stereocenters. The first kappa shape index (κ1) is 24.5. The Morgan fingerprint density at radius 2 is 1.70 bits per heavy atom. The van der Waals surface area contributed by atoms with Gasteiger partial charge in [0.15, 0.2) is 0 Å². The zero-order valence-corrected chi connectivity index (χ0v) is 20.4. The minimum atomic E-state index is 0.580. The second-order valence-corrected chi connectivity index (χ2v) is 8.18. The topological polar surface area (TPSA) is 62.3 Å². The summed E-state index contributed by atoms with van der Waals surface area (Å²) in [6, 6.07) is 16.3. The third-order valence-corrected chi connectivity index (χ3v) is 5.34. The SMILES string of the molecule is CCCN(CCC)CCNc1nc(Nc2cccc(C)c2)ncc1-c1ccc(OCC)cc1. The number of rotatable bonds is 13. The number of aryl methyl sites for hydroxylation is 1. The summed E-state index contributed by atoms with van der Waals surface area (Å²) in [7, 11) is 0. The number of nitrogens with zero attached hydrogens (tertiary/aromatic N) is 3. The van der Waals surface area contributed by atoms with Crippen molar-refractivity contribution in [3.8, 4) is 16.9 Å². The van der Waals surface area contributed by atoms with Gasteiger partial charge in [0.2, 0.25) is 5.95 Å². The maximum atomic E-state index is 5.60. The van der Waals surface area contributed by atoms with Gasteiger partial charge in [-0.2, -0.15) is 4.98 Å². The van der Waals surface area contributed by atoms with E-state index in [1.807, 2.05) is 37.4 Å². The number of ether oxygens (including phenoxy) is 1. The van der Waals surface area contributed by atoms with Gasteiger partial charge in [0, 0.05) is 30.5 Å². The molecule has 0 saturated heterocycles. The van der Waals surface area contributed by atoms with Gasteiger partial charge >= 0.3 is 0 Å². The Kier molecular flexibility index (Phi) is 9.51. The van der Waals surface area contributed by atoms with Crippen LogP contribution in [0.1, 0.15) is 39.2 Å². The maximum absolute atomic E-state index is 5.60. The van der Waals surface area contributed by atoms with Crippen molar-refractivity contribution in [2.24, 2.45) is 0 Å². The molecule has 1 heterocycles. The van der Waals surface area contributed by atoms with Gasteiger partial charge in [0.25, 0.3) is 0 Å². The van der Waals surface area contributed by atoms with Crippen LogP contribution < -0.4 is 15.4 Å². The fourth-order valence-corrected chi connectivity index (χ4v) is 3.84. The predicted molar refractivity (Wildman–Crippen MR) is 139 cm³/mol. The molecule has 0 aliphatic rings. The molecule has 6 heteroatoms. The Labute approximate surface area is 198 Å². The number of anilines is 3. The summed E-state index contributed by atoms with van der Waals surface area (Å²) in [4.78, 5) is 11.9. The standard InChI is InChI=1S/C27H37N5O/c1-5-16-32(17-6-2)18-15-28-26-25(22-11-13-24(14-12-22)33-7-3)20-29-27(31-26)30-23-10-8-9-21(4)19-23/h8-14,19-20H,5-7,15-18H2,1-4H3,(H2,28,29,30,31). The van der Waals surface area contributed by atoms with E-state index in [0.717, 1.165) is 67.4 Å². The van der Waals surface area contributed by atoms with E-state index in [9.17, 15) is 0 Å². The van der Waals surface area contributed by atoms with E-state index in [1.165, 1.54) is 5.56 Å². The van der Waals surface area contributed by atoms with Gasteiger partial charge in [-0.1, -0.05) is 38.1 Å². The zero-order chi connectivity index (χ0) is 23.5. The molecule has 0 radical (unpaired) electrons. The van der Waals surface area contributed by atoms with Crippen molar-refractivity contribution in [3.63, 3.8) is 0 Å². The van der Waals surface area contributed by atoms with Crippen molar-refractivity contribution in [3.05, 3.63) is 60.3 Å². The van der Waals surface area contributed by atoms with Crippen molar-refractivity contribution < 1.29 is 4.74 Å². The van der Waals surface area contributed by atoms with Crippen molar-refractivity contribution in [1.82, 2.24) is 14.9 Å². The van der Waals surface area contributed by atoms with E-state index in [4.69, 9.17) is 9.72 Å². The van der Waals surface area contributed by atoms with Crippen LogP contribution in [0.3, 0.4) is 0 Å². The second-order valence-electron chi connectivity index (χ2n) is 8.18. The van der Waals surface area contributed by atoms with E-state index < -0.39 is 0 Å². The molecular formula is C27H37N5O. The summed E-state index contributed by atoms with van der Waals surface area (Å²) in [6.07, 6.45) is 4.21. The number of hydrogen-bond donors (Lipinski definition) is 2. The summed E-state index contributed by atoms with van der Waals surface area (Å²) >= 11 is 0. The normalized spacial score (nSPS) is 10.9. The van der Waals surface area contributed by atoms with Crippen LogP contribution in [0, 0.1) is 6.92 Å².